The first-order valence-electron chi connectivity index (χ1n) is 9.65. The summed E-state index contributed by atoms with van der Waals surface area (Å²) in [5, 5.41) is 11.8. The molecule has 1 N–H and O–H groups in total. The second kappa shape index (κ2) is 8.05. The average molecular weight is 413 g/mol. The van der Waals surface area contributed by atoms with E-state index in [1.54, 1.807) is 13.1 Å². The van der Waals surface area contributed by atoms with Crippen molar-refractivity contribution in [3.63, 3.8) is 0 Å². The Balaban J connectivity index is 1.70. The molecule has 0 spiro atoms. The molecule has 30 heavy (non-hydrogen) atoms. The number of fused-ring (bicyclic) bond motifs is 1. The summed E-state index contributed by atoms with van der Waals surface area (Å²) in [7, 11) is 0. The highest BCUT2D eigenvalue weighted by Gasteiger charge is 2.30. The Labute approximate surface area is 170 Å². The fourth-order valence-corrected chi connectivity index (χ4v) is 3.21. The van der Waals surface area contributed by atoms with Crippen molar-refractivity contribution in [1.29, 1.82) is 0 Å². The van der Waals surface area contributed by atoms with E-state index in [-0.39, 0.29) is 31.1 Å². The molecule has 1 aliphatic rings. The Kier molecular flexibility index (Phi) is 5.30. The molecule has 1 saturated carbocycles. The molecule has 3 aromatic rings. The third kappa shape index (κ3) is 3.93. The van der Waals surface area contributed by atoms with Gasteiger partial charge in [-0.15, -0.1) is 0 Å². The number of hydrogen-bond acceptors (Lipinski definition) is 6. The summed E-state index contributed by atoms with van der Waals surface area (Å²) in [6.45, 7) is 1.25. The maximum Gasteiger partial charge on any atom is 0.325 e. The maximum atomic E-state index is 13.3. The first-order chi connectivity index (χ1) is 14.5. The van der Waals surface area contributed by atoms with Crippen LogP contribution in [0.5, 0.6) is 0 Å². The topological polar surface area (TPSA) is 108 Å². The molecule has 0 saturated heterocycles. The number of benzene rings is 1. The molecule has 4 rings (SSSR count). The van der Waals surface area contributed by atoms with Gasteiger partial charge in [-0.1, -0.05) is 0 Å². The van der Waals surface area contributed by atoms with Crippen molar-refractivity contribution in [1.82, 2.24) is 24.9 Å². The molecule has 1 aliphatic carbocycles. The molecule has 156 valence electrons. The third-order valence-electron chi connectivity index (χ3n) is 4.77. The Hall–Kier alpha value is -3.56. The fourth-order valence-electron chi connectivity index (χ4n) is 3.21. The molecule has 0 unspecified atom stereocenters. The number of rotatable bonds is 7. The van der Waals surface area contributed by atoms with Crippen LogP contribution in [0.25, 0.3) is 16.6 Å². The number of nitrogens with one attached hydrogen (secondary N) is 1. The zero-order valence-electron chi connectivity index (χ0n) is 16.3. The highest BCUT2D eigenvalue weighted by molar-refractivity contribution is 5.84. The lowest BCUT2D eigenvalue weighted by Gasteiger charge is -2.10. The zero-order valence-corrected chi connectivity index (χ0v) is 16.3. The highest BCUT2D eigenvalue weighted by atomic mass is 19.1. The Morgan fingerprint density at radius 2 is 2.00 bits per heavy atom. The number of carbonyl (C=O) groups excluding carboxylic acids is 2. The number of amides is 1. The minimum Gasteiger partial charge on any atom is -0.465 e. The number of nitrogens with zero attached hydrogens (tertiary/aromatic N) is 4. The van der Waals surface area contributed by atoms with Gasteiger partial charge in [0.15, 0.2) is 0 Å². The Morgan fingerprint density at radius 3 is 2.67 bits per heavy atom. The molecule has 0 radical (unpaired) electrons. The van der Waals surface area contributed by atoms with Crippen molar-refractivity contribution in [2.45, 2.75) is 32.2 Å². The van der Waals surface area contributed by atoms with Gasteiger partial charge in [-0.05, 0) is 44.0 Å². The molecule has 0 atom stereocenters. The van der Waals surface area contributed by atoms with Crippen LogP contribution in [-0.2, 0) is 20.9 Å². The van der Waals surface area contributed by atoms with E-state index in [1.165, 1.54) is 28.9 Å². The van der Waals surface area contributed by atoms with Gasteiger partial charge < -0.3 is 10.1 Å². The monoisotopic (exact) mass is 413 g/mol. The zero-order chi connectivity index (χ0) is 21.3. The van der Waals surface area contributed by atoms with Gasteiger partial charge in [0, 0.05) is 11.3 Å². The largest absolute Gasteiger partial charge is 0.465 e. The number of hydrogen-bond donors (Lipinski definition) is 1. The van der Waals surface area contributed by atoms with Gasteiger partial charge in [-0.25, -0.2) is 13.8 Å². The molecule has 1 aromatic carbocycles. The molecule has 10 heteroatoms. The summed E-state index contributed by atoms with van der Waals surface area (Å²) in [5.74, 6) is -1.29. The van der Waals surface area contributed by atoms with Gasteiger partial charge >= 0.3 is 5.97 Å². The molecule has 2 aromatic heterocycles. The van der Waals surface area contributed by atoms with Crippen molar-refractivity contribution in [3.05, 3.63) is 52.3 Å². The number of ether oxygens (including phenoxy) is 1. The summed E-state index contributed by atoms with van der Waals surface area (Å²) >= 11 is 0. The number of carbonyl (C=O) groups is 2. The summed E-state index contributed by atoms with van der Waals surface area (Å²) < 4.78 is 20.6. The van der Waals surface area contributed by atoms with Crippen LogP contribution in [0, 0.1) is 5.82 Å². The van der Waals surface area contributed by atoms with E-state index in [2.05, 4.69) is 15.5 Å². The van der Waals surface area contributed by atoms with E-state index in [0.717, 1.165) is 17.5 Å². The van der Waals surface area contributed by atoms with Crippen LogP contribution >= 0.6 is 0 Å². The second-order valence-corrected chi connectivity index (χ2v) is 7.00. The average Bonchev–Trinajstić information content (AvgIpc) is 3.47. The predicted octanol–water partition coefficient (Wildman–Crippen LogP) is 1.28. The SMILES string of the molecule is CCOC(=O)CNC(=O)Cn1nc(C2CC2)c2cnn(-c3ccc(F)cc3)c2c1=O. The molecule has 1 fully saturated rings. The molecule has 0 aliphatic heterocycles. The van der Waals surface area contributed by atoms with Gasteiger partial charge in [0.1, 0.15) is 24.4 Å². The van der Waals surface area contributed by atoms with Gasteiger partial charge in [0.25, 0.3) is 5.56 Å². The third-order valence-corrected chi connectivity index (χ3v) is 4.77. The molecule has 9 nitrogen and oxygen atoms in total. The van der Waals surface area contributed by atoms with Crippen LogP contribution in [0.3, 0.4) is 0 Å². The molecule has 1 amide bonds. The van der Waals surface area contributed by atoms with Crippen LogP contribution < -0.4 is 10.9 Å². The van der Waals surface area contributed by atoms with E-state index >= 15 is 0 Å². The summed E-state index contributed by atoms with van der Waals surface area (Å²) in [6.07, 6.45) is 3.46. The van der Waals surface area contributed by atoms with Crippen molar-refractivity contribution >= 4 is 22.8 Å². The van der Waals surface area contributed by atoms with E-state index in [9.17, 15) is 18.8 Å². The lowest BCUT2D eigenvalue weighted by Crippen LogP contribution is -2.37. The lowest BCUT2D eigenvalue weighted by atomic mass is 10.2. The number of esters is 1. The first kappa shape index (κ1) is 19.7. The fraction of sp³-hybridized carbons (Fsp3) is 0.350. The minimum atomic E-state index is -0.560. The van der Waals surface area contributed by atoms with Gasteiger partial charge in [0.05, 0.1) is 24.2 Å². The molecule has 0 bridgehead atoms. The predicted molar refractivity (Wildman–Crippen MR) is 105 cm³/mol. The van der Waals surface area contributed by atoms with Crippen molar-refractivity contribution in [3.8, 4) is 5.69 Å². The normalized spacial score (nSPS) is 13.4. The van der Waals surface area contributed by atoms with Crippen LogP contribution in [0.2, 0.25) is 0 Å². The van der Waals surface area contributed by atoms with Gasteiger partial charge in [0.2, 0.25) is 5.91 Å². The van der Waals surface area contributed by atoms with Crippen LogP contribution in [-0.4, -0.2) is 44.6 Å². The smallest absolute Gasteiger partial charge is 0.325 e. The van der Waals surface area contributed by atoms with Crippen molar-refractivity contribution < 1.29 is 18.7 Å². The lowest BCUT2D eigenvalue weighted by molar-refractivity contribution is -0.143. The Bertz CT molecular complexity index is 1160. The van der Waals surface area contributed by atoms with Gasteiger partial charge in [-0.2, -0.15) is 10.2 Å². The van der Waals surface area contributed by atoms with E-state index < -0.39 is 23.3 Å². The first-order valence-corrected chi connectivity index (χ1v) is 9.65. The molecular weight excluding hydrogens is 393 g/mol. The summed E-state index contributed by atoms with van der Waals surface area (Å²) in [5.41, 5.74) is 1.00. The van der Waals surface area contributed by atoms with Crippen LogP contribution in [0.15, 0.2) is 35.3 Å². The number of aromatic nitrogens is 4. The maximum absolute atomic E-state index is 13.3. The highest BCUT2D eigenvalue weighted by Crippen LogP contribution is 2.41. The van der Waals surface area contributed by atoms with Crippen LogP contribution in [0.4, 0.5) is 4.39 Å². The minimum absolute atomic E-state index is 0.202. The number of halogens is 1. The van der Waals surface area contributed by atoms with E-state index in [0.29, 0.717) is 16.8 Å². The molecular formula is C20H20FN5O4. The standard InChI is InChI=1S/C20H20FN5O4/c1-2-30-17(28)10-22-16(27)11-25-20(29)19-15(18(24-25)12-3-4-12)9-23-26(19)14-7-5-13(21)6-8-14/h5-9,12H,2-4,10-11H2,1H3,(H,22,27). The van der Waals surface area contributed by atoms with Gasteiger partial charge in [-0.3, -0.25) is 14.4 Å². The Morgan fingerprint density at radius 1 is 1.27 bits per heavy atom. The quantitative estimate of drug-likeness (QED) is 0.585. The van der Waals surface area contributed by atoms with Crippen LogP contribution in [0.1, 0.15) is 31.4 Å². The van der Waals surface area contributed by atoms with Crippen molar-refractivity contribution in [2.75, 3.05) is 13.2 Å². The van der Waals surface area contributed by atoms with E-state index in [1.807, 2.05) is 0 Å². The summed E-state index contributed by atoms with van der Waals surface area (Å²) in [4.78, 5) is 36.8. The second-order valence-electron chi connectivity index (χ2n) is 7.00. The van der Waals surface area contributed by atoms with E-state index in [4.69, 9.17) is 4.74 Å². The summed E-state index contributed by atoms with van der Waals surface area (Å²) in [6, 6.07) is 5.62. The van der Waals surface area contributed by atoms with Crippen molar-refractivity contribution in [2.24, 2.45) is 0 Å². The molecule has 2 heterocycles.